The lowest BCUT2D eigenvalue weighted by atomic mass is 10.1. The van der Waals surface area contributed by atoms with E-state index in [2.05, 4.69) is 6.07 Å². The Balaban J connectivity index is 1.33. The van der Waals surface area contributed by atoms with Gasteiger partial charge in [-0.2, -0.15) is 0 Å². The van der Waals surface area contributed by atoms with Gasteiger partial charge in [0.1, 0.15) is 5.01 Å². The van der Waals surface area contributed by atoms with E-state index in [0.717, 1.165) is 48.4 Å². The van der Waals surface area contributed by atoms with Crippen molar-refractivity contribution in [1.82, 2.24) is 14.8 Å². The maximum atomic E-state index is 13.2. The Labute approximate surface area is 174 Å². The largest absolute Gasteiger partial charge is 0.338 e. The van der Waals surface area contributed by atoms with E-state index in [4.69, 9.17) is 4.98 Å². The van der Waals surface area contributed by atoms with Crippen LogP contribution < -0.4 is 0 Å². The fourth-order valence-corrected chi connectivity index (χ4v) is 5.42. The maximum absolute atomic E-state index is 13.2. The molecular weight excluding hydrogens is 382 g/mol. The summed E-state index contributed by atoms with van der Waals surface area (Å²) in [6.45, 7) is 2.23. The normalized spacial score (nSPS) is 19.4. The topological polar surface area (TPSA) is 53.5 Å². The zero-order valence-electron chi connectivity index (χ0n) is 16.2. The monoisotopic (exact) mass is 405 g/mol. The lowest BCUT2D eigenvalue weighted by molar-refractivity contribution is -0.128. The molecule has 1 aromatic heterocycles. The van der Waals surface area contributed by atoms with Gasteiger partial charge in [0.2, 0.25) is 5.91 Å². The molecule has 3 aromatic rings. The van der Waals surface area contributed by atoms with Gasteiger partial charge in [-0.05, 0) is 49.1 Å². The number of hydrogen-bond donors (Lipinski definition) is 0. The van der Waals surface area contributed by atoms with E-state index in [1.54, 1.807) is 11.3 Å². The Morgan fingerprint density at radius 3 is 2.66 bits per heavy atom. The lowest BCUT2D eigenvalue weighted by Gasteiger charge is -2.23. The second kappa shape index (κ2) is 7.59. The van der Waals surface area contributed by atoms with Gasteiger partial charge in [-0.15, -0.1) is 11.3 Å². The molecule has 5 rings (SSSR count). The Morgan fingerprint density at radius 1 is 1.07 bits per heavy atom. The third-order valence-corrected chi connectivity index (χ3v) is 6.99. The number of rotatable bonds is 4. The SMILES string of the molecule is O=C1CCCN1Cc1ccc(C(=O)N2CCC[C@@H]2c2nc3ccccc3s2)cc1. The number of aromatic nitrogens is 1. The summed E-state index contributed by atoms with van der Waals surface area (Å²) in [5.74, 6) is 0.288. The highest BCUT2D eigenvalue weighted by Crippen LogP contribution is 2.37. The Kier molecular flexibility index (Phi) is 4.79. The maximum Gasteiger partial charge on any atom is 0.254 e. The zero-order chi connectivity index (χ0) is 19.8. The summed E-state index contributed by atoms with van der Waals surface area (Å²) in [4.78, 5) is 33.7. The molecule has 2 aliphatic rings. The summed E-state index contributed by atoms with van der Waals surface area (Å²) in [6, 6.07) is 15.9. The van der Waals surface area contributed by atoms with Gasteiger partial charge < -0.3 is 9.80 Å². The summed E-state index contributed by atoms with van der Waals surface area (Å²) in [7, 11) is 0. The van der Waals surface area contributed by atoms with E-state index in [9.17, 15) is 9.59 Å². The molecular formula is C23H23N3O2S. The third kappa shape index (κ3) is 3.53. The minimum absolute atomic E-state index is 0.0572. The third-order valence-electron chi connectivity index (χ3n) is 5.85. The summed E-state index contributed by atoms with van der Waals surface area (Å²) < 4.78 is 1.17. The Morgan fingerprint density at radius 2 is 1.90 bits per heavy atom. The second-order valence-corrected chi connectivity index (χ2v) is 8.85. The van der Waals surface area contributed by atoms with Gasteiger partial charge in [-0.3, -0.25) is 9.59 Å². The number of benzene rings is 2. The van der Waals surface area contributed by atoms with Crippen LogP contribution in [0, 0.1) is 0 Å². The number of thiazole rings is 1. The fourth-order valence-electron chi connectivity index (χ4n) is 4.31. The van der Waals surface area contributed by atoms with Crippen molar-refractivity contribution in [2.45, 2.75) is 38.3 Å². The highest BCUT2D eigenvalue weighted by Gasteiger charge is 2.32. The first-order valence-corrected chi connectivity index (χ1v) is 11.0. The molecule has 0 radical (unpaired) electrons. The van der Waals surface area contributed by atoms with Gasteiger partial charge in [0.25, 0.3) is 5.91 Å². The molecule has 6 heteroatoms. The highest BCUT2D eigenvalue weighted by atomic mass is 32.1. The van der Waals surface area contributed by atoms with E-state index >= 15 is 0 Å². The number of amides is 2. The molecule has 3 heterocycles. The number of carbonyl (C=O) groups excluding carboxylic acids is 2. The summed E-state index contributed by atoms with van der Waals surface area (Å²) >= 11 is 1.69. The molecule has 5 nitrogen and oxygen atoms in total. The standard InChI is InChI=1S/C23H23N3O2S/c27-21-8-4-13-25(21)15-16-9-11-17(12-10-16)23(28)26-14-3-6-19(26)22-24-18-5-1-2-7-20(18)29-22/h1-2,5,7,9-12,19H,3-4,6,8,13-15H2/t19-/m1/s1. The van der Waals surface area contributed by atoms with Crippen molar-refractivity contribution in [3.05, 3.63) is 64.7 Å². The second-order valence-electron chi connectivity index (χ2n) is 7.79. The highest BCUT2D eigenvalue weighted by molar-refractivity contribution is 7.18. The zero-order valence-corrected chi connectivity index (χ0v) is 17.0. The molecule has 0 N–H and O–H groups in total. The van der Waals surface area contributed by atoms with E-state index in [0.29, 0.717) is 18.5 Å². The molecule has 0 saturated carbocycles. The van der Waals surface area contributed by atoms with E-state index < -0.39 is 0 Å². The van der Waals surface area contributed by atoms with Gasteiger partial charge in [0.15, 0.2) is 0 Å². The van der Waals surface area contributed by atoms with Crippen molar-refractivity contribution in [3.8, 4) is 0 Å². The number of carbonyl (C=O) groups is 2. The van der Waals surface area contributed by atoms with E-state index in [-0.39, 0.29) is 17.9 Å². The van der Waals surface area contributed by atoms with Crippen LogP contribution >= 0.6 is 11.3 Å². The van der Waals surface area contributed by atoms with Crippen LogP contribution in [0.5, 0.6) is 0 Å². The van der Waals surface area contributed by atoms with Crippen LogP contribution in [0.25, 0.3) is 10.2 Å². The van der Waals surface area contributed by atoms with Gasteiger partial charge in [-0.1, -0.05) is 24.3 Å². The fraction of sp³-hybridized carbons (Fsp3) is 0.348. The quantitative estimate of drug-likeness (QED) is 0.647. The smallest absolute Gasteiger partial charge is 0.254 e. The first kappa shape index (κ1) is 18.3. The molecule has 0 spiro atoms. The number of hydrogen-bond acceptors (Lipinski definition) is 4. The average molecular weight is 406 g/mol. The summed E-state index contributed by atoms with van der Waals surface area (Å²) in [5, 5.41) is 1.03. The molecule has 2 aromatic carbocycles. The molecule has 29 heavy (non-hydrogen) atoms. The molecule has 2 fully saturated rings. The van der Waals surface area contributed by atoms with Crippen LogP contribution in [0.15, 0.2) is 48.5 Å². The van der Waals surface area contributed by atoms with Crippen molar-refractivity contribution < 1.29 is 9.59 Å². The molecule has 2 aliphatic heterocycles. The predicted molar refractivity (Wildman–Crippen MR) is 114 cm³/mol. The van der Waals surface area contributed by atoms with Gasteiger partial charge >= 0.3 is 0 Å². The molecule has 2 amide bonds. The van der Waals surface area contributed by atoms with Crippen molar-refractivity contribution in [3.63, 3.8) is 0 Å². The summed E-state index contributed by atoms with van der Waals surface area (Å²) in [6.07, 6.45) is 3.55. The van der Waals surface area contributed by atoms with Crippen LogP contribution in [0.1, 0.15) is 52.7 Å². The molecule has 0 aliphatic carbocycles. The van der Waals surface area contributed by atoms with Crippen LogP contribution in [0.3, 0.4) is 0 Å². The van der Waals surface area contributed by atoms with Crippen molar-refractivity contribution in [1.29, 1.82) is 0 Å². The number of para-hydroxylation sites is 1. The molecule has 0 unspecified atom stereocenters. The lowest BCUT2D eigenvalue weighted by Crippen LogP contribution is -2.30. The van der Waals surface area contributed by atoms with Crippen molar-refractivity contribution >= 4 is 33.4 Å². The van der Waals surface area contributed by atoms with E-state index in [1.165, 1.54) is 4.70 Å². The van der Waals surface area contributed by atoms with Gasteiger partial charge in [-0.25, -0.2) is 4.98 Å². The van der Waals surface area contributed by atoms with Crippen molar-refractivity contribution in [2.75, 3.05) is 13.1 Å². The Bertz CT molecular complexity index is 1030. The van der Waals surface area contributed by atoms with Crippen LogP contribution in [-0.4, -0.2) is 39.7 Å². The number of nitrogens with zero attached hydrogens (tertiary/aromatic N) is 3. The van der Waals surface area contributed by atoms with Crippen LogP contribution in [-0.2, 0) is 11.3 Å². The first-order valence-electron chi connectivity index (χ1n) is 10.2. The Hall–Kier alpha value is -2.73. The van der Waals surface area contributed by atoms with Gasteiger partial charge in [0, 0.05) is 31.6 Å². The number of fused-ring (bicyclic) bond motifs is 1. The number of likely N-dealkylation sites (tertiary alicyclic amines) is 2. The summed E-state index contributed by atoms with van der Waals surface area (Å²) in [5.41, 5.74) is 2.78. The first-order chi connectivity index (χ1) is 14.2. The molecule has 2 saturated heterocycles. The van der Waals surface area contributed by atoms with Crippen LogP contribution in [0.2, 0.25) is 0 Å². The predicted octanol–water partition coefficient (Wildman–Crippen LogP) is 4.40. The minimum atomic E-state index is 0.0572. The molecule has 0 bridgehead atoms. The van der Waals surface area contributed by atoms with E-state index in [1.807, 2.05) is 52.3 Å². The minimum Gasteiger partial charge on any atom is -0.338 e. The van der Waals surface area contributed by atoms with Crippen LogP contribution in [0.4, 0.5) is 0 Å². The molecule has 1 atom stereocenters. The van der Waals surface area contributed by atoms with Crippen molar-refractivity contribution in [2.24, 2.45) is 0 Å². The van der Waals surface area contributed by atoms with Gasteiger partial charge in [0.05, 0.1) is 16.3 Å². The molecule has 148 valence electrons. The average Bonchev–Trinajstić information content (AvgIpc) is 3.47.